The topological polar surface area (TPSA) is 32.3 Å². The summed E-state index contributed by atoms with van der Waals surface area (Å²) in [5, 5.41) is 3.10. The number of carbonyl (C=O) groups is 1. The van der Waals surface area contributed by atoms with Gasteiger partial charge in [0.15, 0.2) is 0 Å². The molecule has 15 heavy (non-hydrogen) atoms. The highest BCUT2D eigenvalue weighted by Gasteiger charge is 2.24. The molecule has 1 heterocycles. The number of hydrogen-bond donors (Lipinski definition) is 1. The number of likely N-dealkylation sites (N-methyl/N-ethyl adjacent to an activating group) is 1. The monoisotopic (exact) mass is 212 g/mol. The first-order valence-corrected chi connectivity index (χ1v) is 6.04. The number of amides is 1. The van der Waals surface area contributed by atoms with Gasteiger partial charge in [-0.15, -0.1) is 0 Å². The number of hydrogen-bond acceptors (Lipinski definition) is 2. The van der Waals surface area contributed by atoms with Gasteiger partial charge in [0, 0.05) is 13.1 Å². The molecule has 0 atom stereocenters. The lowest BCUT2D eigenvalue weighted by Gasteiger charge is -2.23. The average molecular weight is 212 g/mol. The van der Waals surface area contributed by atoms with E-state index in [4.69, 9.17) is 0 Å². The Labute approximate surface area is 93.2 Å². The van der Waals surface area contributed by atoms with E-state index in [9.17, 15) is 4.79 Å². The molecule has 0 radical (unpaired) electrons. The van der Waals surface area contributed by atoms with Crippen LogP contribution in [-0.2, 0) is 4.79 Å². The first-order valence-electron chi connectivity index (χ1n) is 6.04. The van der Waals surface area contributed by atoms with E-state index in [1.165, 1.54) is 6.42 Å². The molecule has 1 saturated heterocycles. The number of nitrogens with one attached hydrogen (secondary N) is 1. The van der Waals surface area contributed by atoms with Gasteiger partial charge in [0.2, 0.25) is 5.91 Å². The first kappa shape index (κ1) is 12.5. The predicted molar refractivity (Wildman–Crippen MR) is 62.8 cm³/mol. The van der Waals surface area contributed by atoms with Gasteiger partial charge in [-0.25, -0.2) is 0 Å². The molecule has 0 aromatic carbocycles. The Morgan fingerprint density at radius 2 is 2.07 bits per heavy atom. The lowest BCUT2D eigenvalue weighted by Crippen LogP contribution is -2.38. The van der Waals surface area contributed by atoms with Crippen molar-refractivity contribution in [2.75, 3.05) is 26.2 Å². The zero-order valence-corrected chi connectivity index (χ0v) is 10.3. The summed E-state index contributed by atoms with van der Waals surface area (Å²) in [5.74, 6) is 0.259. The van der Waals surface area contributed by atoms with Crippen LogP contribution in [0.4, 0.5) is 0 Å². The lowest BCUT2D eigenvalue weighted by atomic mass is 9.85. The van der Waals surface area contributed by atoms with Gasteiger partial charge in [0.05, 0.1) is 6.54 Å². The van der Waals surface area contributed by atoms with Crippen molar-refractivity contribution in [2.24, 2.45) is 5.41 Å². The van der Waals surface area contributed by atoms with Crippen LogP contribution in [0.3, 0.4) is 0 Å². The molecule has 1 aliphatic rings. The first-order chi connectivity index (χ1) is 7.05. The molecule has 88 valence electrons. The van der Waals surface area contributed by atoms with Crippen molar-refractivity contribution in [1.82, 2.24) is 10.2 Å². The van der Waals surface area contributed by atoms with Gasteiger partial charge >= 0.3 is 0 Å². The van der Waals surface area contributed by atoms with Crippen LogP contribution in [0.2, 0.25) is 0 Å². The second-order valence-corrected chi connectivity index (χ2v) is 5.18. The molecule has 1 aliphatic heterocycles. The molecule has 0 aromatic heterocycles. The summed E-state index contributed by atoms with van der Waals surface area (Å²) in [5.41, 5.74) is 0.410. The fraction of sp³-hybridized carbons (Fsp3) is 0.917. The van der Waals surface area contributed by atoms with E-state index < -0.39 is 0 Å². The molecule has 1 amide bonds. The largest absolute Gasteiger partial charge is 0.342 e. The van der Waals surface area contributed by atoms with Crippen LogP contribution >= 0.6 is 0 Å². The van der Waals surface area contributed by atoms with Crippen LogP contribution in [0.25, 0.3) is 0 Å². The van der Waals surface area contributed by atoms with Crippen molar-refractivity contribution in [3.05, 3.63) is 0 Å². The molecule has 1 N–H and O–H groups in total. The number of likely N-dealkylation sites (tertiary alicyclic amines) is 1. The quantitative estimate of drug-likeness (QED) is 0.771. The van der Waals surface area contributed by atoms with Crippen LogP contribution in [0, 0.1) is 5.41 Å². The Morgan fingerprint density at radius 1 is 1.33 bits per heavy atom. The highest BCUT2D eigenvalue weighted by atomic mass is 16.2. The van der Waals surface area contributed by atoms with Gasteiger partial charge in [-0.1, -0.05) is 20.8 Å². The molecular formula is C12H24N2O. The molecule has 0 aromatic rings. The Bertz CT molecular complexity index is 214. The van der Waals surface area contributed by atoms with E-state index in [0.717, 1.165) is 32.5 Å². The molecule has 0 bridgehead atoms. The standard InChI is InChI=1S/C12H24N2O/c1-4-13-10-11(15)14-8-5-6-12(2,3)7-9-14/h13H,4-10H2,1-3H3. The van der Waals surface area contributed by atoms with E-state index in [1.54, 1.807) is 0 Å². The minimum atomic E-state index is 0.259. The lowest BCUT2D eigenvalue weighted by molar-refractivity contribution is -0.130. The summed E-state index contributed by atoms with van der Waals surface area (Å²) >= 11 is 0. The maximum absolute atomic E-state index is 11.8. The highest BCUT2D eigenvalue weighted by Crippen LogP contribution is 2.29. The molecule has 1 fully saturated rings. The number of nitrogens with zero attached hydrogens (tertiary/aromatic N) is 1. The van der Waals surface area contributed by atoms with E-state index >= 15 is 0 Å². The molecule has 0 unspecified atom stereocenters. The molecular weight excluding hydrogens is 188 g/mol. The molecule has 0 spiro atoms. The summed E-state index contributed by atoms with van der Waals surface area (Å²) < 4.78 is 0. The van der Waals surface area contributed by atoms with Crippen LogP contribution in [0.1, 0.15) is 40.0 Å². The maximum atomic E-state index is 11.8. The minimum Gasteiger partial charge on any atom is -0.342 e. The second-order valence-electron chi connectivity index (χ2n) is 5.18. The summed E-state index contributed by atoms with van der Waals surface area (Å²) in [6.07, 6.45) is 3.51. The summed E-state index contributed by atoms with van der Waals surface area (Å²) in [4.78, 5) is 13.8. The summed E-state index contributed by atoms with van der Waals surface area (Å²) in [7, 11) is 0. The van der Waals surface area contributed by atoms with Crippen molar-refractivity contribution in [3.63, 3.8) is 0 Å². The van der Waals surface area contributed by atoms with Crippen molar-refractivity contribution in [1.29, 1.82) is 0 Å². The Hall–Kier alpha value is -0.570. The zero-order valence-electron chi connectivity index (χ0n) is 10.3. The minimum absolute atomic E-state index is 0.259. The number of rotatable bonds is 3. The fourth-order valence-electron chi connectivity index (χ4n) is 2.02. The third kappa shape index (κ3) is 4.20. The van der Waals surface area contributed by atoms with Gasteiger partial charge < -0.3 is 10.2 Å². The average Bonchev–Trinajstić information content (AvgIpc) is 2.36. The SMILES string of the molecule is CCNCC(=O)N1CCCC(C)(C)CC1. The second kappa shape index (κ2) is 5.50. The summed E-state index contributed by atoms with van der Waals surface area (Å²) in [6.45, 7) is 9.85. The van der Waals surface area contributed by atoms with E-state index in [2.05, 4.69) is 19.2 Å². The van der Waals surface area contributed by atoms with Crippen LogP contribution in [0.5, 0.6) is 0 Å². The summed E-state index contributed by atoms with van der Waals surface area (Å²) in [6, 6.07) is 0. The normalized spacial score (nSPS) is 21.1. The third-order valence-electron chi connectivity index (χ3n) is 3.22. The van der Waals surface area contributed by atoms with Crippen LogP contribution < -0.4 is 5.32 Å². The highest BCUT2D eigenvalue weighted by molar-refractivity contribution is 5.78. The van der Waals surface area contributed by atoms with Gasteiger partial charge in [-0.3, -0.25) is 4.79 Å². The van der Waals surface area contributed by atoms with Gasteiger partial charge in [-0.2, -0.15) is 0 Å². The van der Waals surface area contributed by atoms with Gasteiger partial charge in [0.1, 0.15) is 0 Å². The van der Waals surface area contributed by atoms with E-state index in [0.29, 0.717) is 12.0 Å². The zero-order chi connectivity index (χ0) is 11.3. The smallest absolute Gasteiger partial charge is 0.236 e. The van der Waals surface area contributed by atoms with Crippen LogP contribution in [-0.4, -0.2) is 37.0 Å². The van der Waals surface area contributed by atoms with Crippen molar-refractivity contribution < 1.29 is 4.79 Å². The van der Waals surface area contributed by atoms with E-state index in [1.807, 2.05) is 11.8 Å². The molecule has 3 nitrogen and oxygen atoms in total. The number of carbonyl (C=O) groups excluding carboxylic acids is 1. The third-order valence-corrected chi connectivity index (χ3v) is 3.22. The Kier molecular flexibility index (Phi) is 4.58. The maximum Gasteiger partial charge on any atom is 0.236 e. The Morgan fingerprint density at radius 3 is 2.73 bits per heavy atom. The van der Waals surface area contributed by atoms with Gasteiger partial charge in [0.25, 0.3) is 0 Å². The van der Waals surface area contributed by atoms with Crippen molar-refractivity contribution in [2.45, 2.75) is 40.0 Å². The van der Waals surface area contributed by atoms with Crippen molar-refractivity contribution in [3.8, 4) is 0 Å². The van der Waals surface area contributed by atoms with Crippen LogP contribution in [0.15, 0.2) is 0 Å². The van der Waals surface area contributed by atoms with E-state index in [-0.39, 0.29) is 5.91 Å². The predicted octanol–water partition coefficient (Wildman–Crippen LogP) is 1.63. The molecule has 1 rings (SSSR count). The Balaban J connectivity index is 2.40. The molecule has 0 aliphatic carbocycles. The molecule has 0 saturated carbocycles. The molecule has 3 heteroatoms. The fourth-order valence-corrected chi connectivity index (χ4v) is 2.02. The van der Waals surface area contributed by atoms with Crippen molar-refractivity contribution >= 4 is 5.91 Å². The van der Waals surface area contributed by atoms with Gasteiger partial charge in [-0.05, 0) is 31.2 Å².